The number of ether oxygens (including phenoxy) is 1. The molecule has 0 radical (unpaired) electrons. The maximum atomic E-state index is 13.5. The van der Waals surface area contributed by atoms with Crippen LogP contribution in [0.4, 0.5) is 11.4 Å². The number of nitrogens with one attached hydrogen (secondary N) is 2. The molecule has 2 amide bonds. The summed E-state index contributed by atoms with van der Waals surface area (Å²) in [6, 6.07) is 12.6. The van der Waals surface area contributed by atoms with Gasteiger partial charge in [0.05, 0.1) is 18.1 Å². The molecule has 1 spiro atoms. The summed E-state index contributed by atoms with van der Waals surface area (Å²) in [5, 5.41) is 6.00. The standard InChI is InChI=1S/C24H24BrN3O4/c1-2-32-22(30)14-5-8-16(9-6-14)26-21(29)19-13-17-4-3-11-28(17)24(19)18-12-15(25)7-10-20(18)27-23(24)31/h5-10,12,17,19H,2-4,11,13H2,1H3,(H,26,29)(H,27,31). The Morgan fingerprint density at radius 2 is 2.03 bits per heavy atom. The zero-order valence-corrected chi connectivity index (χ0v) is 19.3. The number of esters is 1. The van der Waals surface area contributed by atoms with Gasteiger partial charge in [-0.25, -0.2) is 4.79 Å². The van der Waals surface area contributed by atoms with Crippen molar-refractivity contribution in [3.8, 4) is 0 Å². The Morgan fingerprint density at radius 3 is 2.78 bits per heavy atom. The Morgan fingerprint density at radius 1 is 1.25 bits per heavy atom. The van der Waals surface area contributed by atoms with Crippen LogP contribution in [-0.4, -0.2) is 41.9 Å². The van der Waals surface area contributed by atoms with Gasteiger partial charge < -0.3 is 15.4 Å². The van der Waals surface area contributed by atoms with Crippen LogP contribution in [-0.2, 0) is 19.9 Å². The highest BCUT2D eigenvalue weighted by atomic mass is 79.9. The van der Waals surface area contributed by atoms with Gasteiger partial charge in [0.1, 0.15) is 5.54 Å². The van der Waals surface area contributed by atoms with Crippen LogP contribution in [0.2, 0.25) is 0 Å². The van der Waals surface area contributed by atoms with Gasteiger partial charge in [-0.3, -0.25) is 14.5 Å². The molecule has 32 heavy (non-hydrogen) atoms. The van der Waals surface area contributed by atoms with Crippen molar-refractivity contribution < 1.29 is 19.1 Å². The van der Waals surface area contributed by atoms with E-state index in [9.17, 15) is 14.4 Å². The smallest absolute Gasteiger partial charge is 0.338 e. The fraction of sp³-hybridized carbons (Fsp3) is 0.375. The van der Waals surface area contributed by atoms with Crippen molar-refractivity contribution >= 4 is 45.1 Å². The molecule has 8 heteroatoms. The molecule has 0 aliphatic carbocycles. The Kier molecular flexibility index (Phi) is 5.29. The molecule has 3 aliphatic heterocycles. The third-order valence-corrected chi connectivity index (χ3v) is 7.30. The molecule has 2 aromatic rings. The van der Waals surface area contributed by atoms with Crippen LogP contribution in [0.3, 0.4) is 0 Å². The van der Waals surface area contributed by atoms with Crippen LogP contribution in [0.15, 0.2) is 46.9 Å². The lowest BCUT2D eigenvalue weighted by Gasteiger charge is -2.36. The molecule has 5 rings (SSSR count). The third-order valence-electron chi connectivity index (χ3n) is 6.81. The van der Waals surface area contributed by atoms with E-state index < -0.39 is 17.4 Å². The minimum atomic E-state index is -1.00. The Balaban J connectivity index is 1.47. The van der Waals surface area contributed by atoms with E-state index in [2.05, 4.69) is 31.5 Å². The van der Waals surface area contributed by atoms with Crippen molar-refractivity contribution in [2.24, 2.45) is 5.92 Å². The van der Waals surface area contributed by atoms with Crippen molar-refractivity contribution in [1.29, 1.82) is 0 Å². The lowest BCUT2D eigenvalue weighted by molar-refractivity contribution is -0.135. The molecule has 2 fully saturated rings. The Bertz CT molecular complexity index is 1100. The zero-order chi connectivity index (χ0) is 22.5. The number of hydrogen-bond donors (Lipinski definition) is 2. The average molecular weight is 498 g/mol. The van der Waals surface area contributed by atoms with E-state index in [1.807, 2.05) is 18.2 Å². The quantitative estimate of drug-likeness (QED) is 0.625. The molecule has 7 nitrogen and oxygen atoms in total. The van der Waals surface area contributed by atoms with E-state index in [1.54, 1.807) is 31.2 Å². The summed E-state index contributed by atoms with van der Waals surface area (Å²) in [6.07, 6.45) is 2.63. The molecular weight excluding hydrogens is 474 g/mol. The van der Waals surface area contributed by atoms with Crippen LogP contribution >= 0.6 is 15.9 Å². The molecular formula is C24H24BrN3O4. The van der Waals surface area contributed by atoms with E-state index in [0.717, 1.165) is 35.1 Å². The van der Waals surface area contributed by atoms with E-state index >= 15 is 0 Å². The predicted octanol–water partition coefficient (Wildman–Crippen LogP) is 3.90. The maximum Gasteiger partial charge on any atom is 0.338 e. The fourth-order valence-corrected chi connectivity index (χ4v) is 5.89. The van der Waals surface area contributed by atoms with Gasteiger partial charge in [-0.1, -0.05) is 15.9 Å². The van der Waals surface area contributed by atoms with Gasteiger partial charge in [0.15, 0.2) is 0 Å². The second kappa shape index (κ2) is 8.01. The summed E-state index contributed by atoms with van der Waals surface area (Å²) < 4.78 is 5.89. The predicted molar refractivity (Wildman–Crippen MR) is 123 cm³/mol. The molecule has 0 bridgehead atoms. The van der Waals surface area contributed by atoms with E-state index in [0.29, 0.717) is 24.3 Å². The number of halogens is 1. The molecule has 2 aromatic carbocycles. The highest BCUT2D eigenvalue weighted by Crippen LogP contribution is 2.55. The number of amides is 2. The summed E-state index contributed by atoms with van der Waals surface area (Å²) in [4.78, 5) is 41.1. The van der Waals surface area contributed by atoms with Gasteiger partial charge in [-0.05, 0) is 75.2 Å². The molecule has 3 heterocycles. The fourth-order valence-electron chi connectivity index (χ4n) is 5.53. The summed E-state index contributed by atoms with van der Waals surface area (Å²) in [7, 11) is 0. The molecule has 2 saturated heterocycles. The largest absolute Gasteiger partial charge is 0.462 e. The summed E-state index contributed by atoms with van der Waals surface area (Å²) in [6.45, 7) is 2.85. The number of nitrogens with zero attached hydrogens (tertiary/aromatic N) is 1. The van der Waals surface area contributed by atoms with Crippen LogP contribution in [0.1, 0.15) is 42.1 Å². The molecule has 2 N–H and O–H groups in total. The number of fused-ring (bicyclic) bond motifs is 4. The highest BCUT2D eigenvalue weighted by molar-refractivity contribution is 9.10. The van der Waals surface area contributed by atoms with Crippen LogP contribution in [0, 0.1) is 5.92 Å². The molecule has 166 valence electrons. The summed E-state index contributed by atoms with van der Waals surface area (Å²) in [5.74, 6) is -1.24. The number of carbonyl (C=O) groups excluding carboxylic acids is 3. The van der Waals surface area contributed by atoms with Gasteiger partial charge in [0.2, 0.25) is 11.8 Å². The van der Waals surface area contributed by atoms with E-state index in [1.165, 1.54) is 0 Å². The first-order chi connectivity index (χ1) is 15.4. The van der Waals surface area contributed by atoms with Gasteiger partial charge in [0.25, 0.3) is 0 Å². The van der Waals surface area contributed by atoms with Crippen molar-refractivity contribution in [1.82, 2.24) is 4.90 Å². The van der Waals surface area contributed by atoms with Gasteiger partial charge in [-0.2, -0.15) is 0 Å². The third kappa shape index (κ3) is 3.16. The van der Waals surface area contributed by atoms with Gasteiger partial charge in [-0.15, -0.1) is 0 Å². The minimum absolute atomic E-state index is 0.132. The SMILES string of the molecule is CCOC(=O)c1ccc(NC(=O)C2CC3CCCN3C23C(=O)Nc2ccc(Br)cc23)cc1. The van der Waals surface area contributed by atoms with Crippen molar-refractivity contribution in [2.75, 3.05) is 23.8 Å². The zero-order valence-electron chi connectivity index (χ0n) is 17.7. The van der Waals surface area contributed by atoms with Crippen LogP contribution in [0.25, 0.3) is 0 Å². The maximum absolute atomic E-state index is 13.5. The lowest BCUT2D eigenvalue weighted by Crippen LogP contribution is -2.53. The number of carbonyl (C=O) groups is 3. The van der Waals surface area contributed by atoms with Gasteiger partial charge >= 0.3 is 5.97 Å². The first-order valence-corrected chi connectivity index (χ1v) is 11.7. The average Bonchev–Trinajstić information content (AvgIpc) is 3.43. The molecule has 0 aromatic heterocycles. The van der Waals surface area contributed by atoms with Crippen LogP contribution in [0.5, 0.6) is 0 Å². The highest BCUT2D eigenvalue weighted by Gasteiger charge is 2.65. The second-order valence-electron chi connectivity index (χ2n) is 8.48. The second-order valence-corrected chi connectivity index (χ2v) is 9.39. The van der Waals surface area contributed by atoms with Crippen molar-refractivity contribution in [3.05, 3.63) is 58.1 Å². The first kappa shape index (κ1) is 21.2. The minimum Gasteiger partial charge on any atom is -0.462 e. The van der Waals surface area contributed by atoms with E-state index in [4.69, 9.17) is 4.74 Å². The lowest BCUT2D eigenvalue weighted by atomic mass is 9.78. The normalized spacial score (nSPS) is 26.0. The Hall–Kier alpha value is -2.71. The van der Waals surface area contributed by atoms with E-state index in [-0.39, 0.29) is 17.9 Å². The number of rotatable bonds is 4. The summed E-state index contributed by atoms with van der Waals surface area (Å²) >= 11 is 3.53. The number of anilines is 2. The van der Waals surface area contributed by atoms with Crippen LogP contribution < -0.4 is 10.6 Å². The number of benzene rings is 2. The monoisotopic (exact) mass is 497 g/mol. The molecule has 0 saturated carbocycles. The molecule has 3 atom stereocenters. The van der Waals surface area contributed by atoms with Gasteiger partial charge in [0, 0.05) is 27.5 Å². The van der Waals surface area contributed by atoms with Crippen molar-refractivity contribution in [2.45, 2.75) is 37.8 Å². The molecule has 3 unspecified atom stereocenters. The summed E-state index contributed by atoms with van der Waals surface area (Å²) in [5.41, 5.74) is 1.63. The topological polar surface area (TPSA) is 87.7 Å². The Labute approximate surface area is 194 Å². The molecule has 3 aliphatic rings. The van der Waals surface area contributed by atoms with Crippen molar-refractivity contribution in [3.63, 3.8) is 0 Å². The number of hydrogen-bond acceptors (Lipinski definition) is 5. The first-order valence-electron chi connectivity index (χ1n) is 10.9.